The number of aromatic nitrogens is 3. The molecule has 2 aliphatic rings. The summed E-state index contributed by atoms with van der Waals surface area (Å²) >= 11 is 12.2. The van der Waals surface area contributed by atoms with Gasteiger partial charge in [-0.25, -0.2) is 0 Å². The van der Waals surface area contributed by atoms with E-state index in [4.69, 9.17) is 28.3 Å². The summed E-state index contributed by atoms with van der Waals surface area (Å²) in [5.74, 6) is -0.284. The van der Waals surface area contributed by atoms with Gasteiger partial charge in [0, 0.05) is 36.3 Å². The molecule has 0 unspecified atom stereocenters. The second kappa shape index (κ2) is 9.67. The zero-order valence-corrected chi connectivity index (χ0v) is 23.6. The fraction of sp³-hybridized carbons (Fsp3) is 0.429. The number of rotatable bonds is 4. The van der Waals surface area contributed by atoms with Crippen LogP contribution in [0.25, 0.3) is 0 Å². The number of hydrogen-bond donors (Lipinski definition) is 1. The summed E-state index contributed by atoms with van der Waals surface area (Å²) in [6.07, 6.45) is 2.27. The van der Waals surface area contributed by atoms with Crippen LogP contribution in [0.4, 0.5) is 0 Å². The summed E-state index contributed by atoms with van der Waals surface area (Å²) < 4.78 is 1.83. The van der Waals surface area contributed by atoms with Gasteiger partial charge in [-0.3, -0.25) is 19.3 Å². The van der Waals surface area contributed by atoms with Crippen LogP contribution >= 0.6 is 23.2 Å². The molecular weight excluding hydrogens is 525 g/mol. The second-order valence-corrected chi connectivity index (χ2v) is 11.7. The summed E-state index contributed by atoms with van der Waals surface area (Å²) in [4.78, 5) is 35.4. The van der Waals surface area contributed by atoms with Crippen molar-refractivity contribution in [1.82, 2.24) is 24.6 Å². The monoisotopic (exact) mass is 555 g/mol. The van der Waals surface area contributed by atoms with Crippen LogP contribution in [0.3, 0.4) is 0 Å². The number of hydrogen-bond acceptors (Lipinski definition) is 5. The molecule has 0 spiro atoms. The van der Waals surface area contributed by atoms with Gasteiger partial charge >= 0.3 is 0 Å². The van der Waals surface area contributed by atoms with Crippen molar-refractivity contribution < 1.29 is 14.7 Å². The van der Waals surface area contributed by atoms with Crippen molar-refractivity contribution in [2.75, 3.05) is 6.54 Å². The van der Waals surface area contributed by atoms with E-state index in [9.17, 15) is 14.7 Å². The van der Waals surface area contributed by atoms with E-state index in [0.29, 0.717) is 40.0 Å². The molecule has 0 radical (unpaired) electrons. The van der Waals surface area contributed by atoms with Crippen LogP contribution < -0.4 is 0 Å². The molecule has 0 aliphatic carbocycles. The van der Waals surface area contributed by atoms with Gasteiger partial charge in [0.15, 0.2) is 0 Å². The van der Waals surface area contributed by atoms with Crippen LogP contribution in [0.1, 0.15) is 90.1 Å². The molecule has 8 nitrogen and oxygen atoms in total. The Morgan fingerprint density at radius 3 is 2.50 bits per heavy atom. The maximum absolute atomic E-state index is 13.9. The smallest absolute Gasteiger partial charge is 0.273 e. The van der Waals surface area contributed by atoms with Crippen LogP contribution in [0, 0.1) is 0 Å². The first-order valence-corrected chi connectivity index (χ1v) is 13.5. The molecule has 0 saturated heterocycles. The minimum atomic E-state index is -1.04. The van der Waals surface area contributed by atoms with Gasteiger partial charge in [0.2, 0.25) is 0 Å². The van der Waals surface area contributed by atoms with E-state index in [1.165, 1.54) is 0 Å². The number of amides is 2. The van der Waals surface area contributed by atoms with Crippen molar-refractivity contribution in [2.45, 2.75) is 71.3 Å². The van der Waals surface area contributed by atoms with Crippen molar-refractivity contribution in [3.63, 3.8) is 0 Å². The third-order valence-electron chi connectivity index (χ3n) is 7.57. The van der Waals surface area contributed by atoms with Crippen LogP contribution in [0.5, 0.6) is 0 Å². The molecule has 4 heterocycles. The number of carbonyl (C=O) groups excluding carboxylic acids is 2. The molecule has 1 N–H and O–H groups in total. The van der Waals surface area contributed by atoms with Crippen molar-refractivity contribution >= 4 is 35.0 Å². The van der Waals surface area contributed by atoms with Gasteiger partial charge in [-0.2, -0.15) is 5.10 Å². The molecule has 0 saturated carbocycles. The SMILES string of the molecule is C[C@@H]1Cc2nn3c(c2CN1C(=O)c1ccc(Cl)c(Cl)c1)C(=O)N([C@H](C)c1ccc(C(C)(C)O)nc1)C[C@H]3C. The topological polar surface area (TPSA) is 91.6 Å². The average Bonchev–Trinajstić information content (AvgIpc) is 3.25. The van der Waals surface area contributed by atoms with E-state index in [1.807, 2.05) is 36.4 Å². The molecular formula is C28H31Cl2N5O3. The lowest BCUT2D eigenvalue weighted by Gasteiger charge is -2.37. The van der Waals surface area contributed by atoms with Crippen LogP contribution in [-0.2, 0) is 18.6 Å². The first-order valence-electron chi connectivity index (χ1n) is 12.7. The Morgan fingerprint density at radius 1 is 1.13 bits per heavy atom. The normalized spacial score (nSPS) is 20.3. The Kier molecular flexibility index (Phi) is 6.78. The molecule has 10 heteroatoms. The van der Waals surface area contributed by atoms with Crippen molar-refractivity contribution in [3.05, 3.63) is 80.3 Å². The summed E-state index contributed by atoms with van der Waals surface area (Å²) in [5, 5.41) is 15.8. The Bertz CT molecular complexity index is 1410. The van der Waals surface area contributed by atoms with E-state index >= 15 is 0 Å². The van der Waals surface area contributed by atoms with Crippen LogP contribution in [0.15, 0.2) is 36.5 Å². The Hall–Kier alpha value is -2.94. The molecule has 3 atom stereocenters. The van der Waals surface area contributed by atoms with Crippen LogP contribution in [0.2, 0.25) is 10.0 Å². The second-order valence-electron chi connectivity index (χ2n) is 10.9. The average molecular weight is 556 g/mol. The predicted octanol–water partition coefficient (Wildman–Crippen LogP) is 5.18. The highest BCUT2D eigenvalue weighted by Crippen LogP contribution is 2.35. The number of benzene rings is 1. The predicted molar refractivity (Wildman–Crippen MR) is 145 cm³/mol. The lowest BCUT2D eigenvalue weighted by Crippen LogP contribution is -2.45. The van der Waals surface area contributed by atoms with E-state index in [1.54, 1.807) is 49.2 Å². The highest BCUT2D eigenvalue weighted by molar-refractivity contribution is 6.42. The number of carbonyl (C=O) groups is 2. The first-order chi connectivity index (χ1) is 17.9. The molecule has 2 aliphatic heterocycles. The highest BCUT2D eigenvalue weighted by Gasteiger charge is 2.40. The van der Waals surface area contributed by atoms with E-state index in [0.717, 1.165) is 16.8 Å². The fourth-order valence-corrected chi connectivity index (χ4v) is 5.58. The van der Waals surface area contributed by atoms with Gasteiger partial charge in [0.05, 0.1) is 40.1 Å². The van der Waals surface area contributed by atoms with Crippen LogP contribution in [-0.4, -0.2) is 54.1 Å². The number of pyridine rings is 1. The molecule has 2 amide bonds. The summed E-state index contributed by atoms with van der Waals surface area (Å²) in [7, 11) is 0. The van der Waals surface area contributed by atoms with Crippen molar-refractivity contribution in [2.24, 2.45) is 0 Å². The Morgan fingerprint density at radius 2 is 1.87 bits per heavy atom. The summed E-state index contributed by atoms with van der Waals surface area (Å²) in [6.45, 7) is 10.2. The van der Waals surface area contributed by atoms with Gasteiger partial charge in [0.25, 0.3) is 11.8 Å². The molecule has 0 fully saturated rings. The van der Waals surface area contributed by atoms with Gasteiger partial charge < -0.3 is 14.9 Å². The molecule has 0 bridgehead atoms. The fourth-order valence-electron chi connectivity index (χ4n) is 5.28. The molecule has 2 aromatic heterocycles. The molecule has 200 valence electrons. The highest BCUT2D eigenvalue weighted by atomic mass is 35.5. The van der Waals surface area contributed by atoms with E-state index < -0.39 is 5.60 Å². The maximum atomic E-state index is 13.9. The zero-order valence-electron chi connectivity index (χ0n) is 22.1. The quantitative estimate of drug-likeness (QED) is 0.479. The molecule has 1 aromatic carbocycles. The minimum Gasteiger partial charge on any atom is -0.384 e. The van der Waals surface area contributed by atoms with Crippen molar-refractivity contribution in [1.29, 1.82) is 0 Å². The van der Waals surface area contributed by atoms with Crippen molar-refractivity contribution in [3.8, 4) is 0 Å². The Labute approximate surface area is 232 Å². The zero-order chi connectivity index (χ0) is 27.5. The number of nitrogens with zero attached hydrogens (tertiary/aromatic N) is 5. The largest absolute Gasteiger partial charge is 0.384 e. The van der Waals surface area contributed by atoms with Gasteiger partial charge in [-0.1, -0.05) is 29.3 Å². The maximum Gasteiger partial charge on any atom is 0.273 e. The lowest BCUT2D eigenvalue weighted by molar-refractivity contribution is 0.0572. The van der Waals surface area contributed by atoms with E-state index in [2.05, 4.69) is 4.98 Å². The molecule has 5 rings (SSSR count). The Balaban J connectivity index is 1.45. The van der Waals surface area contributed by atoms with Gasteiger partial charge in [-0.15, -0.1) is 0 Å². The third kappa shape index (κ3) is 4.59. The molecule has 3 aromatic rings. The number of fused-ring (bicyclic) bond motifs is 3. The molecule has 38 heavy (non-hydrogen) atoms. The number of aliphatic hydroxyl groups is 1. The minimum absolute atomic E-state index is 0.0334. The summed E-state index contributed by atoms with van der Waals surface area (Å²) in [6, 6.07) is 8.20. The lowest BCUT2D eigenvalue weighted by atomic mass is 9.96. The van der Waals surface area contributed by atoms with Gasteiger partial charge in [-0.05, 0) is 64.4 Å². The number of halogens is 2. The third-order valence-corrected chi connectivity index (χ3v) is 8.31. The van der Waals surface area contributed by atoms with E-state index in [-0.39, 0.29) is 36.5 Å². The standard InChI is InChI=1S/C28H31Cl2N5O3/c1-15-10-23-20(14-33(15)26(36)18-6-8-21(29)22(30)11-18)25-27(37)34(13-16(2)35(25)32-23)17(3)19-7-9-24(31-12-19)28(4,5)38/h6-9,11-12,15-17,38H,10,13-14H2,1-5H3/t15-,16-,17-/m1/s1. The first kappa shape index (κ1) is 26.7. The summed E-state index contributed by atoms with van der Waals surface area (Å²) in [5.41, 5.74) is 3.04. The van der Waals surface area contributed by atoms with Gasteiger partial charge in [0.1, 0.15) is 11.3 Å².